The van der Waals surface area contributed by atoms with E-state index in [1.807, 2.05) is 29.8 Å². The van der Waals surface area contributed by atoms with Gasteiger partial charge in [0.05, 0.1) is 0 Å². The minimum Gasteiger partial charge on any atom is -0.335 e. The van der Waals surface area contributed by atoms with E-state index in [4.69, 9.17) is 0 Å². The quantitative estimate of drug-likeness (QED) is 0.907. The van der Waals surface area contributed by atoms with Crippen LogP contribution in [0.3, 0.4) is 0 Å². The van der Waals surface area contributed by atoms with Crippen LogP contribution in [-0.4, -0.2) is 26.6 Å². The van der Waals surface area contributed by atoms with Gasteiger partial charge in [0.25, 0.3) is 0 Å². The zero-order valence-corrected chi connectivity index (χ0v) is 14.3. The summed E-state index contributed by atoms with van der Waals surface area (Å²) in [4.78, 5) is 20.7. The monoisotopic (exact) mass is 327 g/mol. The molecule has 3 rings (SSSR count). The Bertz CT molecular complexity index is 679. The number of aromatic nitrogens is 3. The molecule has 2 N–H and O–H groups in total. The Hall–Kier alpha value is -2.37. The van der Waals surface area contributed by atoms with Crippen molar-refractivity contribution >= 4 is 6.03 Å². The average Bonchev–Trinajstić information content (AvgIpc) is 2.99. The average molecular weight is 327 g/mol. The summed E-state index contributed by atoms with van der Waals surface area (Å²) in [5, 5.41) is 6.00. The molecule has 0 aromatic carbocycles. The molecule has 128 valence electrons. The maximum atomic E-state index is 12.0. The number of hydrogen-bond donors (Lipinski definition) is 2. The van der Waals surface area contributed by atoms with Crippen molar-refractivity contribution in [1.29, 1.82) is 0 Å². The summed E-state index contributed by atoms with van der Waals surface area (Å²) >= 11 is 0. The summed E-state index contributed by atoms with van der Waals surface area (Å²) in [6.07, 6.45) is 10.1. The van der Waals surface area contributed by atoms with Crippen molar-refractivity contribution in [1.82, 2.24) is 25.2 Å². The number of carbonyl (C=O) groups is 1. The van der Waals surface area contributed by atoms with Gasteiger partial charge in [-0.15, -0.1) is 0 Å². The third-order valence-electron chi connectivity index (χ3n) is 4.61. The van der Waals surface area contributed by atoms with E-state index in [0.717, 1.165) is 30.0 Å². The van der Waals surface area contributed by atoms with Crippen LogP contribution in [0.25, 0.3) is 5.82 Å². The molecule has 0 radical (unpaired) electrons. The van der Waals surface area contributed by atoms with Crippen molar-refractivity contribution < 1.29 is 4.79 Å². The molecule has 1 aliphatic carbocycles. The first-order valence-electron chi connectivity index (χ1n) is 8.61. The van der Waals surface area contributed by atoms with Crippen molar-refractivity contribution in [2.75, 3.05) is 0 Å². The normalized spacial score (nSPS) is 20.6. The van der Waals surface area contributed by atoms with Crippen LogP contribution in [0.4, 0.5) is 4.79 Å². The number of nitrogens with zero attached hydrogens (tertiary/aromatic N) is 3. The molecule has 0 spiro atoms. The highest BCUT2D eigenvalue weighted by atomic mass is 16.2. The van der Waals surface area contributed by atoms with E-state index in [-0.39, 0.29) is 6.03 Å². The number of nitrogens with one attached hydrogen (secondary N) is 2. The molecule has 2 atom stereocenters. The molecular formula is C18H25N5O. The number of pyridine rings is 1. The van der Waals surface area contributed by atoms with Gasteiger partial charge in [-0.3, -0.25) is 4.57 Å². The molecular weight excluding hydrogens is 302 g/mol. The first-order chi connectivity index (χ1) is 11.6. The first kappa shape index (κ1) is 16.5. The lowest BCUT2D eigenvalue weighted by molar-refractivity contribution is 0.227. The number of imidazole rings is 1. The van der Waals surface area contributed by atoms with E-state index in [9.17, 15) is 4.79 Å². The fourth-order valence-electron chi connectivity index (χ4n) is 3.27. The molecule has 2 aromatic heterocycles. The highest BCUT2D eigenvalue weighted by molar-refractivity contribution is 5.74. The second-order valence-electron chi connectivity index (χ2n) is 6.66. The third-order valence-corrected chi connectivity index (χ3v) is 4.61. The Morgan fingerprint density at radius 2 is 2.21 bits per heavy atom. The summed E-state index contributed by atoms with van der Waals surface area (Å²) in [6, 6.07) is 4.12. The smallest absolute Gasteiger partial charge is 0.315 e. The fraction of sp³-hybridized carbons (Fsp3) is 0.500. The van der Waals surface area contributed by atoms with Crippen molar-refractivity contribution in [2.24, 2.45) is 5.92 Å². The SMILES string of the molecule is Cc1nccn1-c1ccc(CNC(=O)NC2CCCC(C)C2)cn1. The number of carbonyl (C=O) groups excluding carboxylic acids is 1. The predicted octanol–water partition coefficient (Wildman–Crippen LogP) is 2.95. The van der Waals surface area contributed by atoms with E-state index in [0.29, 0.717) is 18.5 Å². The van der Waals surface area contributed by atoms with Crippen molar-refractivity contribution in [2.45, 2.75) is 52.1 Å². The predicted molar refractivity (Wildman–Crippen MR) is 92.9 cm³/mol. The first-order valence-corrected chi connectivity index (χ1v) is 8.61. The second kappa shape index (κ2) is 7.47. The molecule has 1 aliphatic rings. The van der Waals surface area contributed by atoms with Gasteiger partial charge in [0.2, 0.25) is 0 Å². The van der Waals surface area contributed by atoms with Crippen LogP contribution >= 0.6 is 0 Å². The molecule has 2 unspecified atom stereocenters. The van der Waals surface area contributed by atoms with Crippen LogP contribution in [-0.2, 0) is 6.54 Å². The Balaban J connectivity index is 1.49. The van der Waals surface area contributed by atoms with Crippen LogP contribution in [0.15, 0.2) is 30.7 Å². The number of aryl methyl sites for hydroxylation is 1. The van der Waals surface area contributed by atoms with Gasteiger partial charge in [0, 0.05) is 31.2 Å². The van der Waals surface area contributed by atoms with E-state index in [2.05, 4.69) is 27.5 Å². The molecule has 2 amide bonds. The van der Waals surface area contributed by atoms with Gasteiger partial charge in [0.15, 0.2) is 0 Å². The van der Waals surface area contributed by atoms with Gasteiger partial charge >= 0.3 is 6.03 Å². The molecule has 6 nitrogen and oxygen atoms in total. The largest absolute Gasteiger partial charge is 0.335 e. The van der Waals surface area contributed by atoms with Crippen LogP contribution in [0.5, 0.6) is 0 Å². The summed E-state index contributed by atoms with van der Waals surface area (Å²) < 4.78 is 1.92. The molecule has 24 heavy (non-hydrogen) atoms. The third kappa shape index (κ3) is 4.13. The molecule has 1 saturated carbocycles. The minimum atomic E-state index is -0.0939. The van der Waals surface area contributed by atoms with Crippen molar-refractivity contribution in [3.63, 3.8) is 0 Å². The maximum Gasteiger partial charge on any atom is 0.315 e. The van der Waals surface area contributed by atoms with E-state index >= 15 is 0 Å². The lowest BCUT2D eigenvalue weighted by Gasteiger charge is -2.27. The molecule has 2 aromatic rings. The van der Waals surface area contributed by atoms with E-state index in [1.54, 1.807) is 12.4 Å². The number of rotatable bonds is 4. The second-order valence-corrected chi connectivity index (χ2v) is 6.66. The Labute approximate surface area is 142 Å². The number of urea groups is 1. The molecule has 2 heterocycles. The van der Waals surface area contributed by atoms with E-state index in [1.165, 1.54) is 12.8 Å². The standard InChI is InChI=1S/C18H25N5O/c1-13-4-3-5-16(10-13)22-18(24)21-12-15-6-7-17(20-11-15)23-9-8-19-14(23)2/h6-9,11,13,16H,3-5,10,12H2,1-2H3,(H2,21,22,24). The number of hydrogen-bond acceptors (Lipinski definition) is 3. The summed E-state index contributed by atoms with van der Waals surface area (Å²) in [7, 11) is 0. The zero-order chi connectivity index (χ0) is 16.9. The molecule has 0 aliphatic heterocycles. The topological polar surface area (TPSA) is 71.8 Å². The summed E-state index contributed by atoms with van der Waals surface area (Å²) in [6.45, 7) is 4.67. The van der Waals surface area contributed by atoms with Gasteiger partial charge in [0.1, 0.15) is 11.6 Å². The van der Waals surface area contributed by atoms with Crippen molar-refractivity contribution in [3.05, 3.63) is 42.1 Å². The lowest BCUT2D eigenvalue weighted by atomic mass is 9.87. The Morgan fingerprint density at radius 1 is 1.33 bits per heavy atom. The van der Waals surface area contributed by atoms with Crippen molar-refractivity contribution in [3.8, 4) is 5.82 Å². The van der Waals surface area contributed by atoms with Crippen LogP contribution in [0.2, 0.25) is 0 Å². The number of amides is 2. The van der Waals surface area contributed by atoms with Gasteiger partial charge < -0.3 is 10.6 Å². The Kier molecular flexibility index (Phi) is 5.13. The van der Waals surface area contributed by atoms with Crippen LogP contribution in [0.1, 0.15) is 44.0 Å². The molecule has 0 saturated heterocycles. The van der Waals surface area contributed by atoms with Gasteiger partial charge in [-0.05, 0) is 37.3 Å². The molecule has 6 heteroatoms. The highest BCUT2D eigenvalue weighted by Gasteiger charge is 2.20. The zero-order valence-electron chi connectivity index (χ0n) is 14.3. The Morgan fingerprint density at radius 3 is 2.88 bits per heavy atom. The lowest BCUT2D eigenvalue weighted by Crippen LogP contribution is -2.43. The summed E-state index contributed by atoms with van der Waals surface area (Å²) in [5.41, 5.74) is 0.976. The van der Waals surface area contributed by atoms with Gasteiger partial charge in [-0.25, -0.2) is 14.8 Å². The maximum absolute atomic E-state index is 12.0. The van der Waals surface area contributed by atoms with Crippen LogP contribution in [0, 0.1) is 12.8 Å². The minimum absolute atomic E-state index is 0.0939. The van der Waals surface area contributed by atoms with Gasteiger partial charge in [-0.2, -0.15) is 0 Å². The molecule has 0 bridgehead atoms. The van der Waals surface area contributed by atoms with Crippen LogP contribution < -0.4 is 10.6 Å². The molecule has 1 fully saturated rings. The van der Waals surface area contributed by atoms with Gasteiger partial charge in [-0.1, -0.05) is 25.8 Å². The summed E-state index contributed by atoms with van der Waals surface area (Å²) in [5.74, 6) is 2.43. The van der Waals surface area contributed by atoms with E-state index < -0.39 is 0 Å². The highest BCUT2D eigenvalue weighted by Crippen LogP contribution is 2.23. The fourth-order valence-corrected chi connectivity index (χ4v) is 3.27.